The lowest BCUT2D eigenvalue weighted by Gasteiger charge is -2.27. The van der Waals surface area contributed by atoms with Gasteiger partial charge < -0.3 is 15.0 Å². The van der Waals surface area contributed by atoms with Crippen molar-refractivity contribution < 1.29 is 19.1 Å². The normalized spacial score (nSPS) is 13.3. The van der Waals surface area contributed by atoms with Crippen LogP contribution in [-0.2, 0) is 14.3 Å². The maximum atomic E-state index is 12.9. The Labute approximate surface area is 224 Å². The van der Waals surface area contributed by atoms with E-state index >= 15 is 0 Å². The highest BCUT2D eigenvalue weighted by Gasteiger charge is 2.23. The molecule has 4 aromatic rings. The highest BCUT2D eigenvalue weighted by Crippen LogP contribution is 2.22. The second-order valence-electron chi connectivity index (χ2n) is 8.68. The van der Waals surface area contributed by atoms with Crippen molar-refractivity contribution in [2.45, 2.75) is 0 Å². The van der Waals surface area contributed by atoms with Gasteiger partial charge in [-0.25, -0.2) is 10.1 Å². The number of nitrogens with zero attached hydrogens (tertiary/aromatic N) is 4. The molecule has 196 valence electrons. The molecule has 3 aromatic carbocycles. The number of morpholine rings is 1. The zero-order valence-electron chi connectivity index (χ0n) is 21.0. The summed E-state index contributed by atoms with van der Waals surface area (Å²) in [5.41, 5.74) is 5.85. The van der Waals surface area contributed by atoms with E-state index in [1.165, 1.54) is 6.21 Å². The smallest absolute Gasteiger partial charge is 0.329 e. The Balaban J connectivity index is 1.29. The molecule has 1 aliphatic rings. The van der Waals surface area contributed by atoms with Crippen LogP contribution >= 0.6 is 0 Å². The number of rotatable bonds is 6. The lowest BCUT2D eigenvalue weighted by Crippen LogP contribution is -2.41. The number of benzene rings is 3. The first-order valence-electron chi connectivity index (χ1n) is 12.4. The van der Waals surface area contributed by atoms with E-state index in [1.54, 1.807) is 40.0 Å². The molecule has 2 N–H and O–H groups in total. The molecule has 1 aliphatic heterocycles. The number of ether oxygens (including phenoxy) is 1. The molecule has 0 spiro atoms. The molecular weight excluding hydrogens is 496 g/mol. The molecule has 0 unspecified atom stereocenters. The summed E-state index contributed by atoms with van der Waals surface area (Å²) in [5, 5.41) is 11.2. The van der Waals surface area contributed by atoms with Crippen LogP contribution in [0.4, 0.5) is 5.69 Å². The summed E-state index contributed by atoms with van der Waals surface area (Å²) in [4.78, 5) is 39.8. The van der Waals surface area contributed by atoms with Crippen LogP contribution in [0.15, 0.2) is 96.2 Å². The van der Waals surface area contributed by atoms with Crippen LogP contribution < -0.4 is 10.7 Å². The van der Waals surface area contributed by atoms with E-state index in [2.05, 4.69) is 15.8 Å². The molecule has 5 rings (SSSR count). The Morgan fingerprint density at radius 1 is 0.846 bits per heavy atom. The third kappa shape index (κ3) is 6.08. The Morgan fingerprint density at radius 2 is 1.51 bits per heavy atom. The maximum Gasteiger partial charge on any atom is 0.329 e. The van der Waals surface area contributed by atoms with Gasteiger partial charge in [-0.3, -0.25) is 14.4 Å². The first-order valence-corrected chi connectivity index (χ1v) is 12.4. The molecule has 0 atom stereocenters. The minimum atomic E-state index is -0.975. The Bertz CT molecular complexity index is 1490. The number of aromatic nitrogens is 2. The number of hydrogen-bond donors (Lipinski definition) is 2. The Kier molecular flexibility index (Phi) is 7.84. The Morgan fingerprint density at radius 3 is 2.26 bits per heavy atom. The molecule has 1 aromatic heterocycles. The molecule has 10 nitrogen and oxygen atoms in total. The number of para-hydroxylation sites is 2. The molecule has 1 fully saturated rings. The zero-order chi connectivity index (χ0) is 27.0. The Hall–Kier alpha value is -5.09. The second kappa shape index (κ2) is 12.0. The number of amides is 3. The van der Waals surface area contributed by atoms with Gasteiger partial charge in [-0.1, -0.05) is 60.7 Å². The van der Waals surface area contributed by atoms with Gasteiger partial charge >= 0.3 is 11.8 Å². The molecule has 39 heavy (non-hydrogen) atoms. The van der Waals surface area contributed by atoms with E-state index in [0.717, 1.165) is 11.3 Å². The summed E-state index contributed by atoms with van der Waals surface area (Å²) in [5.74, 6) is -2.16. The van der Waals surface area contributed by atoms with Gasteiger partial charge in [0, 0.05) is 30.4 Å². The number of nitrogens with one attached hydrogen (secondary N) is 2. The number of carbonyl (C=O) groups is 3. The monoisotopic (exact) mass is 522 g/mol. The van der Waals surface area contributed by atoms with Gasteiger partial charge in [-0.2, -0.15) is 10.2 Å². The van der Waals surface area contributed by atoms with E-state index in [9.17, 15) is 14.4 Å². The van der Waals surface area contributed by atoms with Gasteiger partial charge in [0.2, 0.25) is 0 Å². The van der Waals surface area contributed by atoms with Crippen molar-refractivity contribution in [2.75, 3.05) is 31.6 Å². The summed E-state index contributed by atoms with van der Waals surface area (Å²) in [6.45, 7) is 1.83. The lowest BCUT2D eigenvalue weighted by atomic mass is 10.1. The quantitative estimate of drug-likeness (QED) is 0.229. The minimum absolute atomic E-state index is 0.239. The molecule has 0 radical (unpaired) electrons. The van der Waals surface area contributed by atoms with Crippen LogP contribution in [0.1, 0.15) is 15.9 Å². The predicted molar refractivity (Wildman–Crippen MR) is 147 cm³/mol. The predicted octanol–water partition coefficient (Wildman–Crippen LogP) is 3.10. The molecule has 10 heteroatoms. The third-order valence-electron chi connectivity index (χ3n) is 6.09. The first-order chi connectivity index (χ1) is 19.1. The van der Waals surface area contributed by atoms with Crippen LogP contribution in [0.2, 0.25) is 0 Å². The lowest BCUT2D eigenvalue weighted by molar-refractivity contribution is -0.136. The van der Waals surface area contributed by atoms with Crippen molar-refractivity contribution in [3.05, 3.63) is 102 Å². The fourth-order valence-electron chi connectivity index (χ4n) is 4.12. The summed E-state index contributed by atoms with van der Waals surface area (Å²) >= 11 is 0. The van der Waals surface area contributed by atoms with E-state index in [4.69, 9.17) is 9.84 Å². The van der Waals surface area contributed by atoms with Crippen molar-refractivity contribution in [3.63, 3.8) is 0 Å². The SMILES string of the molecule is O=C(NN=Cc1cn(-c2ccccc2)nc1-c1ccccc1)C(=O)Nc1ccccc1C(=O)N1CCOCC1. The summed E-state index contributed by atoms with van der Waals surface area (Å²) < 4.78 is 7.03. The third-order valence-corrected chi connectivity index (χ3v) is 6.09. The molecule has 3 amide bonds. The molecule has 0 aliphatic carbocycles. The number of hydrazone groups is 1. The molecule has 0 saturated carbocycles. The van der Waals surface area contributed by atoms with E-state index < -0.39 is 11.8 Å². The van der Waals surface area contributed by atoms with Crippen LogP contribution in [0.3, 0.4) is 0 Å². The van der Waals surface area contributed by atoms with Gasteiger partial charge in [-0.05, 0) is 24.3 Å². The van der Waals surface area contributed by atoms with Crippen molar-refractivity contribution in [1.82, 2.24) is 20.1 Å². The highest BCUT2D eigenvalue weighted by atomic mass is 16.5. The van der Waals surface area contributed by atoms with Crippen LogP contribution in [-0.4, -0.2) is 64.9 Å². The maximum absolute atomic E-state index is 12.9. The van der Waals surface area contributed by atoms with Crippen LogP contribution in [0, 0.1) is 0 Å². The van der Waals surface area contributed by atoms with Gasteiger partial charge in [0.05, 0.1) is 36.4 Å². The first kappa shape index (κ1) is 25.6. The fourth-order valence-corrected chi connectivity index (χ4v) is 4.12. The molecule has 2 heterocycles. The van der Waals surface area contributed by atoms with Crippen LogP contribution in [0.25, 0.3) is 16.9 Å². The van der Waals surface area contributed by atoms with Crippen molar-refractivity contribution >= 4 is 29.6 Å². The standard InChI is InChI=1S/C29H26N6O4/c36-27(31-25-14-8-7-13-24(25)29(38)34-15-17-39-18-16-34)28(37)32-30-19-22-20-35(23-11-5-2-6-12-23)33-26(22)21-9-3-1-4-10-21/h1-14,19-20H,15-18H2,(H,31,36)(H,32,37). The summed E-state index contributed by atoms with van der Waals surface area (Å²) in [7, 11) is 0. The van der Waals surface area contributed by atoms with Crippen molar-refractivity contribution in [1.29, 1.82) is 0 Å². The number of carbonyl (C=O) groups excluding carboxylic acids is 3. The van der Waals surface area contributed by atoms with Crippen molar-refractivity contribution in [2.24, 2.45) is 5.10 Å². The highest BCUT2D eigenvalue weighted by molar-refractivity contribution is 6.40. The molecule has 1 saturated heterocycles. The topological polar surface area (TPSA) is 118 Å². The van der Waals surface area contributed by atoms with Gasteiger partial charge in [0.1, 0.15) is 5.69 Å². The van der Waals surface area contributed by atoms with E-state index in [0.29, 0.717) is 43.1 Å². The van der Waals surface area contributed by atoms with Gasteiger partial charge in [0.15, 0.2) is 0 Å². The average Bonchev–Trinajstić information content (AvgIpc) is 3.42. The van der Waals surface area contributed by atoms with Gasteiger partial charge in [0.25, 0.3) is 5.91 Å². The average molecular weight is 523 g/mol. The second-order valence-corrected chi connectivity index (χ2v) is 8.68. The minimum Gasteiger partial charge on any atom is -0.378 e. The van der Waals surface area contributed by atoms with E-state index in [1.807, 2.05) is 60.7 Å². The fraction of sp³-hybridized carbons (Fsp3) is 0.138. The van der Waals surface area contributed by atoms with Gasteiger partial charge in [-0.15, -0.1) is 0 Å². The zero-order valence-corrected chi connectivity index (χ0v) is 21.0. The molecular formula is C29H26N6O4. The van der Waals surface area contributed by atoms with Crippen molar-refractivity contribution in [3.8, 4) is 16.9 Å². The number of hydrogen-bond acceptors (Lipinski definition) is 6. The number of anilines is 1. The largest absolute Gasteiger partial charge is 0.378 e. The summed E-state index contributed by atoms with van der Waals surface area (Å²) in [6, 6.07) is 25.8. The summed E-state index contributed by atoms with van der Waals surface area (Å²) in [6.07, 6.45) is 3.23. The van der Waals surface area contributed by atoms with Crippen LogP contribution in [0.5, 0.6) is 0 Å². The van der Waals surface area contributed by atoms with E-state index in [-0.39, 0.29) is 11.6 Å². The molecule has 0 bridgehead atoms.